The molecular weight excluding hydrogens is 434 g/mol. The smallest absolute Gasteiger partial charge is 0.351 e. The van der Waals surface area contributed by atoms with Crippen molar-refractivity contribution in [3.05, 3.63) is 31.7 Å². The minimum absolute atomic E-state index is 0.124. The number of rotatable bonds is 9. The van der Waals surface area contributed by atoms with Crippen LogP contribution in [0.4, 0.5) is 5.69 Å². The summed E-state index contributed by atoms with van der Waals surface area (Å²) in [7, 11) is 4.53. The molecule has 0 aliphatic heterocycles. The molecule has 172 valence electrons. The van der Waals surface area contributed by atoms with Gasteiger partial charge >= 0.3 is 5.97 Å². The number of carbonyl (C=O) groups excluding carboxylic acids is 1. The predicted octanol–water partition coefficient (Wildman–Crippen LogP) is 1.68. The third-order valence-electron chi connectivity index (χ3n) is 4.30. The van der Waals surface area contributed by atoms with Crippen LogP contribution in [0.15, 0.2) is 16.9 Å². The molecule has 10 heteroatoms. The van der Waals surface area contributed by atoms with E-state index in [2.05, 4.69) is 5.32 Å². The van der Waals surface area contributed by atoms with Gasteiger partial charge in [-0.1, -0.05) is 13.8 Å². The van der Waals surface area contributed by atoms with Crippen molar-refractivity contribution in [1.29, 1.82) is 5.26 Å². The van der Waals surface area contributed by atoms with Gasteiger partial charge in [0.05, 0.1) is 27.9 Å². The van der Waals surface area contributed by atoms with Crippen molar-refractivity contribution in [2.24, 2.45) is 5.92 Å². The molecule has 0 aliphatic rings. The maximum absolute atomic E-state index is 13.1. The molecule has 1 heterocycles. The summed E-state index contributed by atoms with van der Waals surface area (Å²) < 4.78 is 23.0. The zero-order valence-corrected chi connectivity index (χ0v) is 19.8. The van der Waals surface area contributed by atoms with Crippen LogP contribution in [0.3, 0.4) is 0 Å². The van der Waals surface area contributed by atoms with Gasteiger partial charge in [-0.05, 0) is 12.8 Å². The molecule has 0 amide bonds. The van der Waals surface area contributed by atoms with Crippen LogP contribution in [0.1, 0.15) is 20.8 Å². The summed E-state index contributed by atoms with van der Waals surface area (Å²) in [4.78, 5) is 25.3. The number of nitrogens with one attached hydrogen (secondary N) is 1. The van der Waals surface area contributed by atoms with Gasteiger partial charge in [0.25, 0.3) is 5.56 Å². The Morgan fingerprint density at radius 1 is 1.22 bits per heavy atom. The molecule has 0 saturated carbocycles. The number of carbonyl (C=O) groups is 1. The Labute approximate surface area is 190 Å². The van der Waals surface area contributed by atoms with Crippen molar-refractivity contribution in [1.82, 2.24) is 4.57 Å². The highest BCUT2D eigenvalue weighted by molar-refractivity contribution is 7.07. The van der Waals surface area contributed by atoms with Crippen LogP contribution in [0.25, 0.3) is 11.8 Å². The van der Waals surface area contributed by atoms with Gasteiger partial charge in [0.2, 0.25) is 5.75 Å². The lowest BCUT2D eigenvalue weighted by molar-refractivity contribution is -0.136. The van der Waals surface area contributed by atoms with Crippen molar-refractivity contribution >= 4 is 34.8 Å². The second-order valence-corrected chi connectivity index (χ2v) is 8.02. The van der Waals surface area contributed by atoms with Gasteiger partial charge in [-0.3, -0.25) is 9.36 Å². The van der Waals surface area contributed by atoms with Crippen molar-refractivity contribution in [3.63, 3.8) is 0 Å². The highest BCUT2D eigenvalue weighted by Gasteiger charge is 2.18. The maximum atomic E-state index is 13.1. The zero-order valence-electron chi connectivity index (χ0n) is 19.0. The molecule has 0 unspecified atom stereocenters. The number of thiazole rings is 1. The van der Waals surface area contributed by atoms with Gasteiger partial charge in [-0.2, -0.15) is 5.26 Å². The first-order valence-corrected chi connectivity index (χ1v) is 10.7. The van der Waals surface area contributed by atoms with E-state index in [1.807, 2.05) is 19.9 Å². The Morgan fingerprint density at radius 3 is 2.31 bits per heavy atom. The van der Waals surface area contributed by atoms with Crippen molar-refractivity contribution in [2.75, 3.05) is 33.3 Å². The van der Waals surface area contributed by atoms with Gasteiger partial charge in [-0.25, -0.2) is 4.79 Å². The lowest BCUT2D eigenvalue weighted by Gasteiger charge is -2.13. The van der Waals surface area contributed by atoms with Crippen LogP contribution < -0.4 is 34.3 Å². The van der Waals surface area contributed by atoms with E-state index >= 15 is 0 Å². The fraction of sp³-hybridized carbons (Fsp3) is 0.409. The normalized spacial score (nSPS) is 12.2. The molecule has 2 rings (SSSR count). The summed E-state index contributed by atoms with van der Waals surface area (Å²) >= 11 is 1.05. The van der Waals surface area contributed by atoms with E-state index in [9.17, 15) is 14.9 Å². The van der Waals surface area contributed by atoms with E-state index in [0.717, 1.165) is 11.3 Å². The molecular formula is C22H27N3O6S. The summed E-state index contributed by atoms with van der Waals surface area (Å²) in [6.07, 6.45) is 1.52. The molecule has 0 aliphatic carbocycles. The Hall–Kier alpha value is -3.45. The van der Waals surface area contributed by atoms with Gasteiger partial charge in [-0.15, -0.1) is 11.3 Å². The molecule has 9 nitrogen and oxygen atoms in total. The Balaban J connectivity index is 2.65. The molecule has 0 atom stereocenters. The molecule has 32 heavy (non-hydrogen) atoms. The number of anilines is 1. The third-order valence-corrected chi connectivity index (χ3v) is 5.43. The predicted molar refractivity (Wildman–Crippen MR) is 123 cm³/mol. The largest absolute Gasteiger partial charge is 0.493 e. The molecule has 1 aromatic carbocycles. The lowest BCUT2D eigenvalue weighted by Crippen LogP contribution is -2.34. The topological polar surface area (TPSA) is 112 Å². The Morgan fingerprint density at radius 2 is 1.84 bits per heavy atom. The summed E-state index contributed by atoms with van der Waals surface area (Å²) in [6, 6.07) is 5.28. The average molecular weight is 462 g/mol. The zero-order chi connectivity index (χ0) is 23.8. The van der Waals surface area contributed by atoms with Crippen LogP contribution in [0, 0.1) is 17.2 Å². The fourth-order valence-electron chi connectivity index (χ4n) is 2.93. The number of hydrogen-bond acceptors (Lipinski definition) is 9. The highest BCUT2D eigenvalue weighted by atomic mass is 32.1. The fourth-order valence-corrected chi connectivity index (χ4v) is 3.96. The Bertz CT molecular complexity index is 1160. The van der Waals surface area contributed by atoms with Crippen LogP contribution in [0.2, 0.25) is 0 Å². The van der Waals surface area contributed by atoms with Gasteiger partial charge in [0.15, 0.2) is 17.1 Å². The van der Waals surface area contributed by atoms with Crippen molar-refractivity contribution < 1.29 is 23.7 Å². The van der Waals surface area contributed by atoms with E-state index in [0.29, 0.717) is 34.0 Å². The maximum Gasteiger partial charge on any atom is 0.351 e. The first-order valence-electron chi connectivity index (χ1n) is 9.89. The number of aromatic nitrogens is 1. The lowest BCUT2D eigenvalue weighted by atomic mass is 10.2. The number of nitrogens with zero attached hydrogens (tertiary/aromatic N) is 2. The summed E-state index contributed by atoms with van der Waals surface area (Å²) in [6.45, 7) is 6.03. The summed E-state index contributed by atoms with van der Waals surface area (Å²) in [5.41, 5.74) is 0.0943. The monoisotopic (exact) mass is 461 g/mol. The number of esters is 1. The van der Waals surface area contributed by atoms with Crippen LogP contribution >= 0.6 is 11.3 Å². The van der Waals surface area contributed by atoms with E-state index in [4.69, 9.17) is 18.9 Å². The molecule has 2 aromatic rings. The summed E-state index contributed by atoms with van der Waals surface area (Å²) in [5.74, 6) is 0.724. The number of nitriles is 1. The minimum atomic E-state index is -0.752. The molecule has 1 N–H and O–H groups in total. The van der Waals surface area contributed by atoms with Crippen molar-refractivity contribution in [2.45, 2.75) is 27.3 Å². The number of benzene rings is 1. The van der Waals surface area contributed by atoms with Crippen LogP contribution in [0.5, 0.6) is 17.2 Å². The van der Waals surface area contributed by atoms with E-state index in [-0.39, 0.29) is 28.3 Å². The Kier molecular flexibility index (Phi) is 8.72. The minimum Gasteiger partial charge on any atom is -0.493 e. The standard InChI is InChI=1S/C22H27N3O6S/c1-7-31-22(27)15(10-23)21-25(12-13(2)3)20(26)18(32-21)11-24-14-8-16(28-4)19(30-6)17(9-14)29-5/h8-9,11,13,24H,7,12H2,1-6H3/b18-11-,21-15-. The molecule has 0 saturated heterocycles. The van der Waals surface area contributed by atoms with E-state index in [1.54, 1.807) is 19.1 Å². The second kappa shape index (κ2) is 11.2. The SMILES string of the molecule is CCOC(=O)/C(C#N)=c1\s/c(=C\Nc2cc(OC)c(OC)c(OC)c2)c(=O)n1CC(C)C. The first-order chi connectivity index (χ1) is 15.3. The van der Waals surface area contributed by atoms with Gasteiger partial charge in [0, 0.05) is 30.6 Å². The highest BCUT2D eigenvalue weighted by Crippen LogP contribution is 2.39. The molecule has 0 fully saturated rings. The first kappa shape index (κ1) is 24.8. The molecule has 0 radical (unpaired) electrons. The van der Waals surface area contributed by atoms with Gasteiger partial charge < -0.3 is 24.3 Å². The van der Waals surface area contributed by atoms with Gasteiger partial charge in [0.1, 0.15) is 15.3 Å². The van der Waals surface area contributed by atoms with Crippen LogP contribution in [-0.2, 0) is 16.1 Å². The second-order valence-electron chi connectivity index (χ2n) is 6.99. The molecule has 1 aromatic heterocycles. The van der Waals surface area contributed by atoms with E-state index < -0.39 is 5.97 Å². The van der Waals surface area contributed by atoms with E-state index in [1.165, 1.54) is 32.1 Å². The number of ether oxygens (including phenoxy) is 4. The average Bonchev–Trinajstić information content (AvgIpc) is 3.06. The quantitative estimate of drug-likeness (QED) is 0.562. The number of hydrogen-bond donors (Lipinski definition) is 1. The molecule has 0 bridgehead atoms. The summed E-state index contributed by atoms with van der Waals surface area (Å²) in [5, 5.41) is 12.6. The molecule has 0 spiro atoms. The third kappa shape index (κ3) is 5.42. The van der Waals surface area contributed by atoms with Crippen molar-refractivity contribution in [3.8, 4) is 23.3 Å². The number of methoxy groups -OCH3 is 3. The van der Waals surface area contributed by atoms with Crippen LogP contribution in [-0.4, -0.2) is 38.5 Å².